The number of pyridine rings is 1. The first-order chi connectivity index (χ1) is 9.52. The number of carbonyl (C=O) groups excluding carboxylic acids is 1. The van der Waals surface area contributed by atoms with E-state index in [4.69, 9.17) is 0 Å². The van der Waals surface area contributed by atoms with Crippen LogP contribution in [0.25, 0.3) is 11.4 Å². The van der Waals surface area contributed by atoms with Gasteiger partial charge in [-0.05, 0) is 30.2 Å². The number of likely N-dealkylation sites (tertiary alicyclic amines) is 1. The highest BCUT2D eigenvalue weighted by molar-refractivity contribution is 5.88. The van der Waals surface area contributed by atoms with Crippen molar-refractivity contribution < 1.29 is 9.90 Å². The average molecular weight is 272 g/mol. The third-order valence-electron chi connectivity index (χ3n) is 3.82. The van der Waals surface area contributed by atoms with Gasteiger partial charge in [0.1, 0.15) is 5.69 Å². The molecule has 0 aliphatic carbocycles. The first kappa shape index (κ1) is 12.8. The molecule has 1 fully saturated rings. The minimum absolute atomic E-state index is 0.270. The van der Waals surface area contributed by atoms with Gasteiger partial charge in [0.25, 0.3) is 5.91 Å². The predicted molar refractivity (Wildman–Crippen MR) is 72.7 cm³/mol. The van der Waals surface area contributed by atoms with Gasteiger partial charge in [0.05, 0.1) is 5.69 Å². The maximum atomic E-state index is 12.1. The summed E-state index contributed by atoms with van der Waals surface area (Å²) in [5.74, 6) is -0.270. The molecule has 2 N–H and O–H groups in total. The number of amides is 1. The van der Waals surface area contributed by atoms with Crippen LogP contribution in [-0.2, 0) is 10.4 Å². The highest BCUT2D eigenvalue weighted by Gasteiger charge is 2.45. The molecule has 0 saturated carbocycles. The van der Waals surface area contributed by atoms with Crippen molar-refractivity contribution in [3.63, 3.8) is 0 Å². The molecule has 6 nitrogen and oxygen atoms in total. The van der Waals surface area contributed by atoms with E-state index >= 15 is 0 Å². The molecule has 2 aromatic rings. The van der Waals surface area contributed by atoms with Crippen molar-refractivity contribution in [2.24, 2.45) is 0 Å². The number of nitrogens with one attached hydrogen (secondary N) is 1. The minimum atomic E-state index is -1.45. The summed E-state index contributed by atoms with van der Waals surface area (Å²) in [6, 6.07) is 3.42. The lowest BCUT2D eigenvalue weighted by Crippen LogP contribution is -2.36. The number of hydrogen-bond acceptors (Lipinski definition) is 4. The number of rotatable bonds is 2. The van der Waals surface area contributed by atoms with E-state index in [9.17, 15) is 9.90 Å². The van der Waals surface area contributed by atoms with Gasteiger partial charge < -0.3 is 10.0 Å². The molecular formula is C14H16N4O2. The lowest BCUT2D eigenvalue weighted by molar-refractivity contribution is -0.143. The molecule has 0 spiro atoms. The topological polar surface area (TPSA) is 82.1 Å². The summed E-state index contributed by atoms with van der Waals surface area (Å²) < 4.78 is 0. The maximum Gasteiger partial charge on any atom is 0.258 e. The normalized spacial score (nSPS) is 22.6. The first-order valence-corrected chi connectivity index (χ1v) is 6.47. The van der Waals surface area contributed by atoms with Gasteiger partial charge in [-0.1, -0.05) is 0 Å². The van der Waals surface area contributed by atoms with Crippen LogP contribution in [0.4, 0.5) is 0 Å². The second kappa shape index (κ2) is 4.42. The van der Waals surface area contributed by atoms with E-state index in [2.05, 4.69) is 15.2 Å². The van der Waals surface area contributed by atoms with Crippen molar-refractivity contribution in [2.75, 3.05) is 13.6 Å². The van der Waals surface area contributed by atoms with Gasteiger partial charge in [-0.15, -0.1) is 0 Å². The van der Waals surface area contributed by atoms with E-state index in [-0.39, 0.29) is 5.91 Å². The van der Waals surface area contributed by atoms with E-state index in [1.807, 2.05) is 6.92 Å². The lowest BCUT2D eigenvalue weighted by Gasteiger charge is -2.21. The van der Waals surface area contributed by atoms with Gasteiger partial charge in [-0.25, -0.2) is 0 Å². The highest BCUT2D eigenvalue weighted by Crippen LogP contribution is 2.33. The largest absolute Gasteiger partial charge is 0.375 e. The van der Waals surface area contributed by atoms with Gasteiger partial charge in [0, 0.05) is 32.4 Å². The molecule has 2 aromatic heterocycles. The van der Waals surface area contributed by atoms with Crippen LogP contribution in [0.1, 0.15) is 17.5 Å². The molecule has 1 atom stereocenters. The molecule has 1 amide bonds. The van der Waals surface area contributed by atoms with Crippen LogP contribution in [0.2, 0.25) is 0 Å². The molecule has 20 heavy (non-hydrogen) atoms. The quantitative estimate of drug-likeness (QED) is 0.848. The molecule has 3 rings (SSSR count). The summed E-state index contributed by atoms with van der Waals surface area (Å²) in [7, 11) is 1.69. The molecule has 104 valence electrons. The van der Waals surface area contributed by atoms with E-state index in [1.54, 1.807) is 36.5 Å². The Morgan fingerprint density at radius 3 is 2.90 bits per heavy atom. The van der Waals surface area contributed by atoms with Crippen LogP contribution >= 0.6 is 0 Å². The molecular weight excluding hydrogens is 256 g/mol. The first-order valence-electron chi connectivity index (χ1n) is 6.47. The lowest BCUT2D eigenvalue weighted by atomic mass is 9.92. The summed E-state index contributed by atoms with van der Waals surface area (Å²) >= 11 is 0. The Hall–Kier alpha value is -2.21. The number of aryl methyl sites for hydroxylation is 1. The number of aliphatic hydroxyl groups is 1. The second-order valence-corrected chi connectivity index (χ2v) is 5.18. The number of hydrogen-bond donors (Lipinski definition) is 2. The monoisotopic (exact) mass is 272 g/mol. The number of aromatic amines is 1. The molecule has 0 bridgehead atoms. The number of H-pyrrole nitrogens is 1. The Labute approximate surface area is 116 Å². The number of carbonyl (C=O) groups is 1. The zero-order chi connectivity index (χ0) is 14.3. The standard InChI is InChI=1S/C14H16N4O2/c1-9-8-16-17-12(9)11-7-10(3-5-15-11)14(20)4-6-18(2)13(14)19/h3,5,7-8,20H,4,6H2,1-2H3,(H,16,17)/t14-/m1/s1. The van der Waals surface area contributed by atoms with Gasteiger partial charge in [0.2, 0.25) is 0 Å². The summed E-state index contributed by atoms with van der Waals surface area (Å²) in [6.45, 7) is 2.48. The van der Waals surface area contributed by atoms with Crippen LogP contribution in [0.3, 0.4) is 0 Å². The van der Waals surface area contributed by atoms with Gasteiger partial charge >= 0.3 is 0 Å². The minimum Gasteiger partial charge on any atom is -0.375 e. The average Bonchev–Trinajstić information content (AvgIpc) is 2.99. The Morgan fingerprint density at radius 1 is 1.50 bits per heavy atom. The Morgan fingerprint density at radius 2 is 2.30 bits per heavy atom. The molecule has 1 aliphatic heterocycles. The van der Waals surface area contributed by atoms with Gasteiger partial charge in [-0.3, -0.25) is 14.9 Å². The van der Waals surface area contributed by atoms with E-state index in [0.717, 1.165) is 11.3 Å². The summed E-state index contributed by atoms with van der Waals surface area (Å²) in [5, 5.41) is 17.6. The molecule has 0 radical (unpaired) electrons. The zero-order valence-electron chi connectivity index (χ0n) is 11.4. The van der Waals surface area contributed by atoms with Crippen molar-refractivity contribution in [1.29, 1.82) is 0 Å². The van der Waals surface area contributed by atoms with Crippen molar-refractivity contribution in [3.05, 3.63) is 35.7 Å². The third kappa shape index (κ3) is 1.80. The number of aromatic nitrogens is 3. The zero-order valence-corrected chi connectivity index (χ0v) is 11.4. The fraction of sp³-hybridized carbons (Fsp3) is 0.357. The SMILES string of the molecule is Cc1c[nH]nc1-c1cc([C@]2(O)CCN(C)C2=O)ccn1. The van der Waals surface area contributed by atoms with Crippen LogP contribution in [-0.4, -0.2) is 44.7 Å². The van der Waals surface area contributed by atoms with Crippen molar-refractivity contribution in [3.8, 4) is 11.4 Å². The van der Waals surface area contributed by atoms with Gasteiger partial charge in [0.15, 0.2) is 5.60 Å². The maximum absolute atomic E-state index is 12.1. The third-order valence-corrected chi connectivity index (χ3v) is 3.82. The highest BCUT2D eigenvalue weighted by atomic mass is 16.3. The molecule has 3 heterocycles. The Balaban J connectivity index is 2.05. The Kier molecular flexibility index (Phi) is 2.83. The Bertz CT molecular complexity index is 667. The van der Waals surface area contributed by atoms with E-state index in [0.29, 0.717) is 24.2 Å². The fourth-order valence-corrected chi connectivity index (χ4v) is 2.55. The second-order valence-electron chi connectivity index (χ2n) is 5.18. The molecule has 1 saturated heterocycles. The van der Waals surface area contributed by atoms with Gasteiger partial charge in [-0.2, -0.15) is 5.10 Å². The molecule has 1 aliphatic rings. The molecule has 0 unspecified atom stereocenters. The van der Waals surface area contributed by atoms with Crippen molar-refractivity contribution in [1.82, 2.24) is 20.1 Å². The van der Waals surface area contributed by atoms with E-state index < -0.39 is 5.60 Å². The van der Waals surface area contributed by atoms with Crippen LogP contribution in [0.15, 0.2) is 24.5 Å². The van der Waals surface area contributed by atoms with Crippen molar-refractivity contribution >= 4 is 5.91 Å². The summed E-state index contributed by atoms with van der Waals surface area (Å²) in [6.07, 6.45) is 3.78. The summed E-state index contributed by atoms with van der Waals surface area (Å²) in [5.41, 5.74) is 1.47. The van der Waals surface area contributed by atoms with Crippen LogP contribution in [0, 0.1) is 6.92 Å². The fourth-order valence-electron chi connectivity index (χ4n) is 2.55. The number of likely N-dealkylation sites (N-methyl/N-ethyl adjacent to an activating group) is 1. The van der Waals surface area contributed by atoms with Crippen molar-refractivity contribution in [2.45, 2.75) is 18.9 Å². The van der Waals surface area contributed by atoms with Crippen LogP contribution in [0.5, 0.6) is 0 Å². The predicted octanol–water partition coefficient (Wildman–Crippen LogP) is 0.830. The smallest absolute Gasteiger partial charge is 0.258 e. The van der Waals surface area contributed by atoms with Crippen LogP contribution < -0.4 is 0 Å². The molecule has 6 heteroatoms. The summed E-state index contributed by atoms with van der Waals surface area (Å²) in [4.78, 5) is 17.9. The molecule has 0 aromatic carbocycles. The number of nitrogens with zero attached hydrogens (tertiary/aromatic N) is 3. The van der Waals surface area contributed by atoms with E-state index in [1.165, 1.54) is 0 Å².